The second-order valence-electron chi connectivity index (χ2n) is 5.34. The first-order valence-electron chi connectivity index (χ1n) is 7.71. The molecule has 6 nitrogen and oxygen atoms in total. The fourth-order valence-electron chi connectivity index (χ4n) is 2.62. The molecule has 0 unspecified atom stereocenters. The average molecular weight is 455 g/mol. The predicted molar refractivity (Wildman–Crippen MR) is 101 cm³/mol. The van der Waals surface area contributed by atoms with E-state index in [9.17, 15) is 4.79 Å². The normalized spacial score (nSPS) is 12.0. The Morgan fingerprint density at radius 1 is 1.20 bits per heavy atom. The number of benzene rings is 2. The number of nitrogens with one attached hydrogen (secondary N) is 1. The minimum Gasteiger partial charge on any atom is -0.493 e. The molecule has 0 aromatic heterocycles. The zero-order valence-electron chi connectivity index (χ0n) is 13.9. The molecule has 0 spiro atoms. The van der Waals surface area contributed by atoms with Crippen molar-refractivity contribution in [2.24, 2.45) is 0 Å². The van der Waals surface area contributed by atoms with Crippen molar-refractivity contribution in [3.05, 3.63) is 45.0 Å². The van der Waals surface area contributed by atoms with Gasteiger partial charge in [-0.2, -0.15) is 0 Å². The summed E-state index contributed by atoms with van der Waals surface area (Å²) in [6, 6.07) is 9.14. The number of amides is 1. The lowest BCUT2D eigenvalue weighted by molar-refractivity contribution is 0.0950. The highest BCUT2D eigenvalue weighted by Crippen LogP contribution is 2.35. The maximum Gasteiger partial charge on any atom is 0.255 e. The summed E-state index contributed by atoms with van der Waals surface area (Å²) in [5, 5.41) is 2.92. The molecule has 0 saturated carbocycles. The number of methoxy groups -OCH3 is 2. The monoisotopic (exact) mass is 455 g/mol. The van der Waals surface area contributed by atoms with E-state index >= 15 is 0 Å². The molecule has 0 bridgehead atoms. The molecule has 2 aromatic carbocycles. The van der Waals surface area contributed by atoms with E-state index in [0.29, 0.717) is 30.0 Å². The lowest BCUT2D eigenvalue weighted by Gasteiger charge is -2.13. The van der Waals surface area contributed by atoms with Crippen LogP contribution in [0.5, 0.6) is 23.0 Å². The van der Waals surface area contributed by atoms with E-state index in [4.69, 9.17) is 18.9 Å². The van der Waals surface area contributed by atoms with Crippen LogP contribution in [0.25, 0.3) is 0 Å². The molecule has 7 heteroatoms. The van der Waals surface area contributed by atoms with Gasteiger partial charge >= 0.3 is 0 Å². The van der Waals surface area contributed by atoms with Crippen molar-refractivity contribution in [2.45, 2.75) is 6.42 Å². The number of fused-ring (bicyclic) bond motifs is 1. The Balaban J connectivity index is 1.66. The number of para-hydroxylation sites is 1. The number of rotatable bonds is 6. The first kappa shape index (κ1) is 17.7. The van der Waals surface area contributed by atoms with Crippen LogP contribution in [0.4, 0.5) is 0 Å². The minimum atomic E-state index is -0.202. The first-order chi connectivity index (χ1) is 12.1. The summed E-state index contributed by atoms with van der Waals surface area (Å²) in [6.45, 7) is 0.746. The number of hydrogen-bond donors (Lipinski definition) is 1. The third kappa shape index (κ3) is 3.76. The molecule has 1 heterocycles. The third-order valence-corrected chi connectivity index (χ3v) is 4.87. The Hall–Kier alpha value is -2.16. The summed E-state index contributed by atoms with van der Waals surface area (Å²) in [5.41, 5.74) is 1.55. The maximum absolute atomic E-state index is 12.5. The van der Waals surface area contributed by atoms with Gasteiger partial charge in [0, 0.05) is 10.1 Å². The van der Waals surface area contributed by atoms with E-state index in [1.807, 2.05) is 12.1 Å². The number of ether oxygens (including phenoxy) is 4. The quantitative estimate of drug-likeness (QED) is 0.679. The maximum atomic E-state index is 12.5. The van der Waals surface area contributed by atoms with Crippen LogP contribution in [0.2, 0.25) is 0 Å². The van der Waals surface area contributed by atoms with Gasteiger partial charge in [-0.25, -0.2) is 0 Å². The number of halogens is 1. The van der Waals surface area contributed by atoms with E-state index in [-0.39, 0.29) is 12.7 Å². The Kier molecular flexibility index (Phi) is 5.52. The smallest absolute Gasteiger partial charge is 0.255 e. The van der Waals surface area contributed by atoms with Gasteiger partial charge in [-0.15, -0.1) is 0 Å². The topological polar surface area (TPSA) is 66.0 Å². The number of hydrogen-bond acceptors (Lipinski definition) is 5. The Bertz CT molecular complexity index is 793. The molecule has 3 rings (SSSR count). The lowest BCUT2D eigenvalue weighted by Crippen LogP contribution is -2.26. The molecule has 0 aliphatic carbocycles. The standard InChI is InChI=1S/C18H18INO5/c1-22-14-5-3-4-12(17(14)23-2)18(21)20-7-6-11-8-15-16(9-13(11)19)25-10-24-15/h3-5,8-9H,6-7,10H2,1-2H3,(H,20,21). The predicted octanol–water partition coefficient (Wildman–Crippen LogP) is 3.01. The van der Waals surface area contributed by atoms with Crippen LogP contribution in [-0.2, 0) is 6.42 Å². The molecule has 0 saturated heterocycles. The van der Waals surface area contributed by atoms with Crippen molar-refractivity contribution in [2.75, 3.05) is 27.6 Å². The van der Waals surface area contributed by atoms with E-state index in [1.54, 1.807) is 25.3 Å². The van der Waals surface area contributed by atoms with Gasteiger partial charge in [0.1, 0.15) is 0 Å². The summed E-state index contributed by atoms with van der Waals surface area (Å²) in [7, 11) is 3.06. The van der Waals surface area contributed by atoms with E-state index < -0.39 is 0 Å². The SMILES string of the molecule is COc1cccc(C(=O)NCCc2cc3c(cc2I)OCO3)c1OC. The van der Waals surface area contributed by atoms with Crippen molar-refractivity contribution in [1.82, 2.24) is 5.32 Å². The summed E-state index contributed by atoms with van der Waals surface area (Å²) in [5.74, 6) is 2.27. The fourth-order valence-corrected chi connectivity index (χ4v) is 3.33. The lowest BCUT2D eigenvalue weighted by atomic mass is 10.1. The largest absolute Gasteiger partial charge is 0.493 e. The second kappa shape index (κ2) is 7.81. The van der Waals surface area contributed by atoms with Gasteiger partial charge in [0.05, 0.1) is 19.8 Å². The van der Waals surface area contributed by atoms with Crippen molar-refractivity contribution in [3.8, 4) is 23.0 Å². The highest BCUT2D eigenvalue weighted by Gasteiger charge is 2.18. The van der Waals surface area contributed by atoms with E-state index in [1.165, 1.54) is 7.11 Å². The average Bonchev–Trinajstić information content (AvgIpc) is 3.07. The highest BCUT2D eigenvalue weighted by molar-refractivity contribution is 14.1. The Morgan fingerprint density at radius 3 is 2.68 bits per heavy atom. The Labute approximate surface area is 159 Å². The van der Waals surface area contributed by atoms with Crippen molar-refractivity contribution in [3.63, 3.8) is 0 Å². The van der Waals surface area contributed by atoms with Crippen LogP contribution in [0.15, 0.2) is 30.3 Å². The summed E-state index contributed by atoms with van der Waals surface area (Å²) >= 11 is 2.26. The van der Waals surface area contributed by atoms with Gasteiger partial charge in [-0.3, -0.25) is 4.79 Å². The molecule has 25 heavy (non-hydrogen) atoms. The molecule has 0 fully saturated rings. The molecule has 1 N–H and O–H groups in total. The summed E-state index contributed by atoms with van der Waals surface area (Å²) in [6.07, 6.45) is 0.687. The van der Waals surface area contributed by atoms with Gasteiger partial charge in [0.25, 0.3) is 5.91 Å². The number of carbonyl (C=O) groups is 1. The molecule has 0 radical (unpaired) electrons. The van der Waals surface area contributed by atoms with Crippen LogP contribution >= 0.6 is 22.6 Å². The van der Waals surface area contributed by atoms with Gasteiger partial charge in [-0.05, 0) is 58.8 Å². The van der Waals surface area contributed by atoms with Crippen molar-refractivity contribution in [1.29, 1.82) is 0 Å². The molecule has 0 atom stereocenters. The number of carbonyl (C=O) groups excluding carboxylic acids is 1. The van der Waals surface area contributed by atoms with Gasteiger partial charge < -0.3 is 24.3 Å². The Morgan fingerprint density at radius 2 is 1.96 bits per heavy atom. The highest BCUT2D eigenvalue weighted by atomic mass is 127. The zero-order valence-corrected chi connectivity index (χ0v) is 16.1. The van der Waals surface area contributed by atoms with Crippen LogP contribution in [0, 0.1) is 3.57 Å². The fraction of sp³-hybridized carbons (Fsp3) is 0.278. The molecule has 1 amide bonds. The van der Waals surface area contributed by atoms with Gasteiger partial charge in [0.15, 0.2) is 23.0 Å². The van der Waals surface area contributed by atoms with Crippen molar-refractivity contribution < 1.29 is 23.7 Å². The van der Waals surface area contributed by atoms with Crippen molar-refractivity contribution >= 4 is 28.5 Å². The zero-order chi connectivity index (χ0) is 17.8. The van der Waals surface area contributed by atoms with E-state index in [2.05, 4.69) is 27.9 Å². The molecular formula is C18H18INO5. The van der Waals surface area contributed by atoms with E-state index in [0.717, 1.165) is 20.6 Å². The first-order valence-corrected chi connectivity index (χ1v) is 8.79. The summed E-state index contributed by atoms with van der Waals surface area (Å²) < 4.78 is 22.4. The molecular weight excluding hydrogens is 437 g/mol. The second-order valence-corrected chi connectivity index (χ2v) is 6.51. The van der Waals surface area contributed by atoms with Gasteiger partial charge in [0.2, 0.25) is 6.79 Å². The van der Waals surface area contributed by atoms with Crippen LogP contribution in [0.1, 0.15) is 15.9 Å². The minimum absolute atomic E-state index is 0.202. The van der Waals surface area contributed by atoms with Crippen LogP contribution in [0.3, 0.4) is 0 Å². The summed E-state index contributed by atoms with van der Waals surface area (Å²) in [4.78, 5) is 12.5. The molecule has 1 aliphatic heterocycles. The molecule has 132 valence electrons. The van der Waals surface area contributed by atoms with Crippen LogP contribution < -0.4 is 24.3 Å². The third-order valence-electron chi connectivity index (χ3n) is 3.87. The molecule has 2 aromatic rings. The molecule has 1 aliphatic rings. The van der Waals surface area contributed by atoms with Crippen LogP contribution in [-0.4, -0.2) is 33.5 Å². The van der Waals surface area contributed by atoms with Gasteiger partial charge in [-0.1, -0.05) is 6.07 Å².